The summed E-state index contributed by atoms with van der Waals surface area (Å²) in [5.41, 5.74) is 0.0859. The monoisotopic (exact) mass is 445 g/mol. The van der Waals surface area contributed by atoms with Crippen molar-refractivity contribution in [3.05, 3.63) is 93.2 Å². The second-order valence-corrected chi connectivity index (χ2v) is 6.76. The number of ether oxygens (including phenoxy) is 1. The highest BCUT2D eigenvalue weighted by atomic mass is 35.5. The van der Waals surface area contributed by atoms with Gasteiger partial charge in [-0.3, -0.25) is 20.2 Å². The molecule has 0 aromatic heterocycles. The standard InChI is InChI=1S/C20H13ClFN3O4S/c21-13-2-8-16(9-3-13)29-18-10-1-12(11-17(18)25(27)28)19(26)24-20(30)23-15-6-4-14(22)5-7-15/h1-11H,(H2,23,24,26,30). The van der Waals surface area contributed by atoms with Crippen LogP contribution in [0.5, 0.6) is 11.5 Å². The molecule has 3 aromatic carbocycles. The van der Waals surface area contributed by atoms with E-state index in [4.69, 9.17) is 28.6 Å². The third-order valence-corrected chi connectivity index (χ3v) is 4.24. The quantitative estimate of drug-likeness (QED) is 0.314. The molecule has 0 unspecified atom stereocenters. The Morgan fingerprint density at radius 2 is 1.73 bits per heavy atom. The van der Waals surface area contributed by atoms with Crippen molar-refractivity contribution in [1.29, 1.82) is 0 Å². The molecule has 0 atom stereocenters. The SMILES string of the molecule is O=C(NC(=S)Nc1ccc(F)cc1)c1ccc(Oc2ccc(Cl)cc2)c([N+](=O)[O-])c1. The summed E-state index contributed by atoms with van der Waals surface area (Å²) in [5, 5.41) is 17.0. The number of thiocarbonyl (C=S) groups is 1. The van der Waals surface area contributed by atoms with E-state index in [0.717, 1.165) is 6.07 Å². The first kappa shape index (κ1) is 21.2. The summed E-state index contributed by atoms with van der Waals surface area (Å²) in [6, 6.07) is 15.4. The van der Waals surface area contributed by atoms with Gasteiger partial charge in [-0.2, -0.15) is 0 Å². The van der Waals surface area contributed by atoms with Gasteiger partial charge in [0.1, 0.15) is 11.6 Å². The molecule has 0 fully saturated rings. The molecule has 152 valence electrons. The van der Waals surface area contributed by atoms with Crippen molar-refractivity contribution in [2.45, 2.75) is 0 Å². The number of halogens is 2. The number of amides is 1. The van der Waals surface area contributed by atoms with Crippen molar-refractivity contribution in [1.82, 2.24) is 5.32 Å². The van der Waals surface area contributed by atoms with Gasteiger partial charge in [-0.05, 0) is 72.9 Å². The number of hydrogen-bond donors (Lipinski definition) is 2. The molecule has 1 amide bonds. The maximum absolute atomic E-state index is 12.9. The van der Waals surface area contributed by atoms with Crippen molar-refractivity contribution < 1.29 is 18.8 Å². The van der Waals surface area contributed by atoms with Crippen molar-refractivity contribution >= 4 is 46.2 Å². The molecule has 0 saturated carbocycles. The Morgan fingerprint density at radius 1 is 1.07 bits per heavy atom. The van der Waals surface area contributed by atoms with E-state index < -0.39 is 22.3 Å². The van der Waals surface area contributed by atoms with Gasteiger partial charge < -0.3 is 10.1 Å². The predicted molar refractivity (Wildman–Crippen MR) is 115 cm³/mol. The van der Waals surface area contributed by atoms with Gasteiger partial charge in [0.05, 0.1) is 4.92 Å². The van der Waals surface area contributed by atoms with Crippen LogP contribution in [0.1, 0.15) is 10.4 Å². The number of nitro benzene ring substituents is 1. The van der Waals surface area contributed by atoms with Crippen LogP contribution in [0.3, 0.4) is 0 Å². The van der Waals surface area contributed by atoms with Gasteiger partial charge in [0, 0.05) is 22.3 Å². The summed E-state index contributed by atoms with van der Waals surface area (Å²) in [4.78, 5) is 23.2. The van der Waals surface area contributed by atoms with Crippen molar-refractivity contribution in [2.24, 2.45) is 0 Å². The molecule has 0 aliphatic heterocycles. The number of rotatable bonds is 5. The zero-order chi connectivity index (χ0) is 21.7. The number of carbonyl (C=O) groups is 1. The number of nitrogens with zero attached hydrogens (tertiary/aromatic N) is 1. The molecule has 3 aromatic rings. The first-order valence-corrected chi connectivity index (χ1v) is 9.20. The maximum Gasteiger partial charge on any atom is 0.312 e. The smallest absolute Gasteiger partial charge is 0.312 e. The van der Waals surface area contributed by atoms with E-state index in [-0.39, 0.29) is 16.4 Å². The number of hydrogen-bond acceptors (Lipinski definition) is 5. The Bertz CT molecular complexity index is 1110. The summed E-state index contributed by atoms with van der Waals surface area (Å²) >= 11 is 10.9. The van der Waals surface area contributed by atoms with Crippen LogP contribution in [0.25, 0.3) is 0 Å². The molecule has 0 aliphatic rings. The molecule has 0 spiro atoms. The highest BCUT2D eigenvalue weighted by Crippen LogP contribution is 2.32. The summed E-state index contributed by atoms with van der Waals surface area (Å²) < 4.78 is 18.5. The second-order valence-electron chi connectivity index (χ2n) is 5.91. The lowest BCUT2D eigenvalue weighted by molar-refractivity contribution is -0.385. The van der Waals surface area contributed by atoms with Gasteiger partial charge in [0.25, 0.3) is 5.91 Å². The number of carbonyl (C=O) groups excluding carboxylic acids is 1. The summed E-state index contributed by atoms with van der Waals surface area (Å²) in [6.07, 6.45) is 0. The summed E-state index contributed by atoms with van der Waals surface area (Å²) in [7, 11) is 0. The van der Waals surface area contributed by atoms with E-state index in [9.17, 15) is 19.3 Å². The average Bonchev–Trinajstić information content (AvgIpc) is 2.71. The maximum atomic E-state index is 12.9. The number of benzene rings is 3. The van der Waals surface area contributed by atoms with Gasteiger partial charge in [0.15, 0.2) is 5.11 Å². The molecule has 0 heterocycles. The minimum absolute atomic E-state index is 0.00779. The van der Waals surface area contributed by atoms with Crippen LogP contribution in [0.15, 0.2) is 66.7 Å². The Morgan fingerprint density at radius 3 is 2.37 bits per heavy atom. The zero-order valence-electron chi connectivity index (χ0n) is 15.1. The minimum Gasteiger partial charge on any atom is -0.450 e. The van der Waals surface area contributed by atoms with Crippen LogP contribution in [-0.4, -0.2) is 15.9 Å². The lowest BCUT2D eigenvalue weighted by atomic mass is 10.1. The topological polar surface area (TPSA) is 93.5 Å². The fourth-order valence-electron chi connectivity index (χ4n) is 2.39. The molecule has 10 heteroatoms. The van der Waals surface area contributed by atoms with E-state index in [1.54, 1.807) is 24.3 Å². The highest BCUT2D eigenvalue weighted by Gasteiger charge is 2.20. The van der Waals surface area contributed by atoms with Gasteiger partial charge in [0.2, 0.25) is 5.75 Å². The Hall–Kier alpha value is -3.56. The van der Waals surface area contributed by atoms with E-state index in [1.165, 1.54) is 36.4 Å². The molecule has 0 saturated heterocycles. The van der Waals surface area contributed by atoms with Gasteiger partial charge in [-0.1, -0.05) is 11.6 Å². The highest BCUT2D eigenvalue weighted by molar-refractivity contribution is 7.80. The minimum atomic E-state index is -0.657. The summed E-state index contributed by atoms with van der Waals surface area (Å²) in [5.74, 6) is -0.755. The molecule has 0 aliphatic carbocycles. The zero-order valence-corrected chi connectivity index (χ0v) is 16.7. The van der Waals surface area contributed by atoms with Crippen LogP contribution in [-0.2, 0) is 0 Å². The largest absolute Gasteiger partial charge is 0.450 e. The first-order chi connectivity index (χ1) is 14.3. The normalized spacial score (nSPS) is 10.2. The van der Waals surface area contributed by atoms with Crippen LogP contribution in [0, 0.1) is 15.9 Å². The fraction of sp³-hybridized carbons (Fsp3) is 0. The number of nitrogens with one attached hydrogen (secondary N) is 2. The predicted octanol–water partition coefficient (Wildman–Crippen LogP) is 5.31. The Balaban J connectivity index is 1.73. The van der Waals surface area contributed by atoms with E-state index >= 15 is 0 Å². The average molecular weight is 446 g/mol. The van der Waals surface area contributed by atoms with E-state index in [0.29, 0.717) is 16.5 Å². The van der Waals surface area contributed by atoms with Crippen molar-refractivity contribution in [3.63, 3.8) is 0 Å². The molecule has 0 bridgehead atoms. The van der Waals surface area contributed by atoms with Crippen LogP contribution >= 0.6 is 23.8 Å². The van der Waals surface area contributed by atoms with Crippen molar-refractivity contribution in [3.8, 4) is 11.5 Å². The van der Waals surface area contributed by atoms with Crippen LogP contribution in [0.2, 0.25) is 5.02 Å². The third kappa shape index (κ3) is 5.49. The third-order valence-electron chi connectivity index (χ3n) is 3.79. The van der Waals surface area contributed by atoms with E-state index in [2.05, 4.69) is 10.6 Å². The van der Waals surface area contributed by atoms with Gasteiger partial charge in [-0.15, -0.1) is 0 Å². The Labute approximate surface area is 180 Å². The molecule has 0 radical (unpaired) electrons. The molecular weight excluding hydrogens is 433 g/mol. The molecule has 3 rings (SSSR count). The first-order valence-electron chi connectivity index (χ1n) is 8.41. The molecular formula is C20H13ClFN3O4S. The summed E-state index contributed by atoms with van der Waals surface area (Å²) in [6.45, 7) is 0. The Kier molecular flexibility index (Phi) is 6.55. The number of nitro groups is 1. The molecule has 2 N–H and O–H groups in total. The lowest BCUT2D eigenvalue weighted by Gasteiger charge is -2.11. The van der Waals surface area contributed by atoms with E-state index in [1.807, 2.05) is 0 Å². The fourth-order valence-corrected chi connectivity index (χ4v) is 2.72. The van der Waals surface area contributed by atoms with Crippen LogP contribution in [0.4, 0.5) is 15.8 Å². The van der Waals surface area contributed by atoms with Crippen molar-refractivity contribution in [2.75, 3.05) is 5.32 Å². The van der Waals surface area contributed by atoms with Crippen LogP contribution < -0.4 is 15.4 Å². The lowest BCUT2D eigenvalue weighted by Crippen LogP contribution is -2.34. The number of anilines is 1. The molecule has 30 heavy (non-hydrogen) atoms. The molecule has 7 nitrogen and oxygen atoms in total. The van der Waals surface area contributed by atoms with Gasteiger partial charge >= 0.3 is 5.69 Å². The second kappa shape index (κ2) is 9.29. The van der Waals surface area contributed by atoms with Gasteiger partial charge in [-0.25, -0.2) is 4.39 Å².